The number of thioether (sulfide) groups is 1. The average Bonchev–Trinajstić information content (AvgIpc) is 2.86. The van der Waals surface area contributed by atoms with E-state index in [9.17, 15) is 9.59 Å². The molecule has 2 amide bonds. The number of amides is 2. The lowest BCUT2D eigenvalue weighted by molar-refractivity contribution is -0.139. The van der Waals surface area contributed by atoms with Crippen LogP contribution in [-0.4, -0.2) is 63.1 Å². The van der Waals surface area contributed by atoms with E-state index >= 15 is 0 Å². The topological polar surface area (TPSA) is 91.3 Å². The molecule has 0 bridgehead atoms. The van der Waals surface area contributed by atoms with E-state index in [4.69, 9.17) is 11.6 Å². The number of pyridine rings is 1. The van der Waals surface area contributed by atoms with Crippen molar-refractivity contribution < 1.29 is 9.59 Å². The van der Waals surface area contributed by atoms with E-state index in [1.165, 1.54) is 18.2 Å². The number of nitrogens with zero attached hydrogens (tertiary/aromatic N) is 5. The second-order valence-electron chi connectivity index (χ2n) is 8.91. The zero-order valence-electron chi connectivity index (χ0n) is 19.5. The molecule has 1 saturated heterocycles. The van der Waals surface area contributed by atoms with Crippen molar-refractivity contribution in [1.29, 1.82) is 0 Å². The highest BCUT2D eigenvalue weighted by Gasteiger charge is 2.33. The van der Waals surface area contributed by atoms with E-state index in [2.05, 4.69) is 32.1 Å². The van der Waals surface area contributed by atoms with Gasteiger partial charge in [-0.05, 0) is 37.5 Å². The van der Waals surface area contributed by atoms with Crippen LogP contribution in [0.2, 0.25) is 5.15 Å². The van der Waals surface area contributed by atoms with Crippen LogP contribution in [0.15, 0.2) is 35.7 Å². The molecule has 2 aromatic rings. The van der Waals surface area contributed by atoms with E-state index in [0.29, 0.717) is 42.4 Å². The minimum atomic E-state index is -0.101. The van der Waals surface area contributed by atoms with Gasteiger partial charge in [0.1, 0.15) is 11.0 Å². The fourth-order valence-corrected chi connectivity index (χ4v) is 5.48. The normalized spacial score (nSPS) is 19.2. The van der Waals surface area contributed by atoms with E-state index in [1.807, 2.05) is 17.0 Å². The lowest BCUT2D eigenvalue weighted by Gasteiger charge is -2.42. The molecule has 1 saturated carbocycles. The van der Waals surface area contributed by atoms with Gasteiger partial charge in [0, 0.05) is 56.6 Å². The van der Waals surface area contributed by atoms with Gasteiger partial charge in [-0.3, -0.25) is 14.6 Å². The van der Waals surface area contributed by atoms with Crippen LogP contribution < -0.4 is 10.2 Å². The van der Waals surface area contributed by atoms with Crippen LogP contribution in [-0.2, 0) is 16.1 Å². The molecule has 8 nitrogen and oxygen atoms in total. The van der Waals surface area contributed by atoms with E-state index < -0.39 is 0 Å². The van der Waals surface area contributed by atoms with Gasteiger partial charge in [-0.2, -0.15) is 0 Å². The first-order chi connectivity index (χ1) is 16.5. The van der Waals surface area contributed by atoms with Crippen molar-refractivity contribution >= 4 is 41.0 Å². The van der Waals surface area contributed by atoms with Crippen LogP contribution in [0.5, 0.6) is 0 Å². The molecule has 1 aliphatic carbocycles. The van der Waals surface area contributed by atoms with Gasteiger partial charge in [0.05, 0.1) is 5.75 Å². The molecule has 10 heteroatoms. The Labute approximate surface area is 209 Å². The minimum absolute atomic E-state index is 0.101. The van der Waals surface area contributed by atoms with Crippen molar-refractivity contribution in [2.45, 2.75) is 56.8 Å². The Morgan fingerprint density at radius 2 is 1.91 bits per heavy atom. The van der Waals surface area contributed by atoms with Crippen molar-refractivity contribution in [1.82, 2.24) is 25.2 Å². The van der Waals surface area contributed by atoms with Crippen LogP contribution in [0.3, 0.4) is 0 Å². The van der Waals surface area contributed by atoms with Gasteiger partial charge in [0.2, 0.25) is 11.8 Å². The van der Waals surface area contributed by atoms with Crippen LogP contribution in [0.25, 0.3) is 0 Å². The fourth-order valence-electron chi connectivity index (χ4n) is 4.57. The number of nitrogens with one attached hydrogen (secondary N) is 1. The molecule has 1 N–H and O–H groups in total. The number of anilines is 1. The lowest BCUT2D eigenvalue weighted by Crippen LogP contribution is -2.55. The van der Waals surface area contributed by atoms with Crippen LogP contribution in [0.1, 0.15) is 44.6 Å². The molecular formula is C24H31ClN6O2S. The third-order valence-corrected chi connectivity index (χ3v) is 7.46. The maximum Gasteiger partial charge on any atom is 0.230 e. The van der Waals surface area contributed by atoms with E-state index in [-0.39, 0.29) is 23.6 Å². The molecule has 2 aliphatic rings. The Kier molecular flexibility index (Phi) is 8.61. The summed E-state index contributed by atoms with van der Waals surface area (Å²) in [6.07, 6.45) is 9.00. The van der Waals surface area contributed by atoms with Crippen molar-refractivity contribution in [3.63, 3.8) is 0 Å². The largest absolute Gasteiger partial charge is 0.353 e. The van der Waals surface area contributed by atoms with Gasteiger partial charge in [0.15, 0.2) is 5.16 Å². The Hall–Kier alpha value is -2.39. The molecule has 0 radical (unpaired) electrons. The maximum atomic E-state index is 13.0. The van der Waals surface area contributed by atoms with Crippen LogP contribution >= 0.6 is 23.4 Å². The molecule has 182 valence electrons. The number of halogens is 1. The molecule has 34 heavy (non-hydrogen) atoms. The molecule has 1 aliphatic heterocycles. The van der Waals surface area contributed by atoms with Gasteiger partial charge < -0.3 is 15.1 Å². The van der Waals surface area contributed by atoms with E-state index in [0.717, 1.165) is 37.1 Å². The first-order valence-corrected chi connectivity index (χ1v) is 13.2. The first-order valence-electron chi connectivity index (χ1n) is 11.9. The summed E-state index contributed by atoms with van der Waals surface area (Å²) in [6, 6.07) is 5.58. The second kappa shape index (κ2) is 11.8. The summed E-state index contributed by atoms with van der Waals surface area (Å²) >= 11 is 7.54. The highest BCUT2D eigenvalue weighted by atomic mass is 35.5. The summed E-state index contributed by atoms with van der Waals surface area (Å²) in [5.74, 6) is 1.32. The highest BCUT2D eigenvalue weighted by Crippen LogP contribution is 2.28. The average molecular weight is 503 g/mol. The standard InChI is InChI=1S/C24H31ClN6O2S/c1-17-15-30(11-12-31(17)23(33)19-5-3-2-4-6-19)21-13-20(25)28-24(29-21)34-16-22(32)27-14-18-7-9-26-10-8-18/h7-10,13,17,19H,2-6,11-12,14-16H2,1H3,(H,27,32). The predicted molar refractivity (Wildman–Crippen MR) is 134 cm³/mol. The molecule has 0 spiro atoms. The van der Waals surface area contributed by atoms with Crippen molar-refractivity contribution in [3.8, 4) is 0 Å². The Morgan fingerprint density at radius 1 is 1.15 bits per heavy atom. The first kappa shape index (κ1) is 24.7. The van der Waals surface area contributed by atoms with E-state index in [1.54, 1.807) is 18.5 Å². The van der Waals surface area contributed by atoms with Gasteiger partial charge >= 0.3 is 0 Å². The number of piperazine rings is 1. The number of rotatable bonds is 7. The molecule has 4 rings (SSSR count). The SMILES string of the molecule is CC1CN(c2cc(Cl)nc(SCC(=O)NCc3ccncc3)n2)CCN1C(=O)C1CCCCC1. The monoisotopic (exact) mass is 502 g/mol. The third-order valence-electron chi connectivity index (χ3n) is 6.42. The zero-order chi connectivity index (χ0) is 23.9. The fraction of sp³-hybridized carbons (Fsp3) is 0.542. The molecule has 2 fully saturated rings. The molecule has 0 aromatic carbocycles. The van der Waals surface area contributed by atoms with Crippen LogP contribution in [0.4, 0.5) is 5.82 Å². The Balaban J connectivity index is 1.31. The molecule has 1 unspecified atom stereocenters. The maximum absolute atomic E-state index is 13.0. The van der Waals surface area contributed by atoms with Gasteiger partial charge in [-0.25, -0.2) is 9.97 Å². The van der Waals surface area contributed by atoms with Crippen LogP contribution in [0, 0.1) is 5.92 Å². The summed E-state index contributed by atoms with van der Waals surface area (Å²) in [5.41, 5.74) is 0.991. The van der Waals surface area contributed by atoms with Gasteiger partial charge in [-0.15, -0.1) is 0 Å². The summed E-state index contributed by atoms with van der Waals surface area (Å²) < 4.78 is 0. The minimum Gasteiger partial charge on any atom is -0.353 e. The second-order valence-corrected chi connectivity index (χ2v) is 10.2. The molecule has 2 aromatic heterocycles. The van der Waals surface area contributed by atoms with Crippen molar-refractivity contribution in [2.75, 3.05) is 30.3 Å². The number of hydrogen-bond acceptors (Lipinski definition) is 7. The highest BCUT2D eigenvalue weighted by molar-refractivity contribution is 7.99. The number of carbonyl (C=O) groups excluding carboxylic acids is 2. The Bertz CT molecular complexity index is 989. The summed E-state index contributed by atoms with van der Waals surface area (Å²) in [6.45, 7) is 4.62. The van der Waals surface area contributed by atoms with Crippen molar-refractivity contribution in [2.24, 2.45) is 5.92 Å². The van der Waals surface area contributed by atoms with Crippen molar-refractivity contribution in [3.05, 3.63) is 41.3 Å². The molecule has 3 heterocycles. The predicted octanol–water partition coefficient (Wildman–Crippen LogP) is 3.55. The number of carbonyl (C=O) groups is 2. The van der Waals surface area contributed by atoms with Gasteiger partial charge in [0.25, 0.3) is 0 Å². The number of aromatic nitrogens is 3. The quantitative estimate of drug-likeness (QED) is 0.351. The smallest absolute Gasteiger partial charge is 0.230 e. The summed E-state index contributed by atoms with van der Waals surface area (Å²) in [5, 5.41) is 3.70. The summed E-state index contributed by atoms with van der Waals surface area (Å²) in [7, 11) is 0. The van der Waals surface area contributed by atoms with Gasteiger partial charge in [-0.1, -0.05) is 42.6 Å². The lowest BCUT2D eigenvalue weighted by atomic mass is 9.88. The Morgan fingerprint density at radius 3 is 2.65 bits per heavy atom. The zero-order valence-corrected chi connectivity index (χ0v) is 21.0. The molecular weight excluding hydrogens is 472 g/mol. The summed E-state index contributed by atoms with van der Waals surface area (Å²) in [4.78, 5) is 42.4. The molecule has 1 atom stereocenters. The third kappa shape index (κ3) is 6.60. The number of hydrogen-bond donors (Lipinski definition) is 1.